The van der Waals surface area contributed by atoms with Crippen molar-refractivity contribution in [2.75, 3.05) is 12.5 Å². The molecule has 27 heavy (non-hydrogen) atoms. The number of hydrogen-bond donors (Lipinski definition) is 0. The normalized spacial score (nSPS) is 13.7. The van der Waals surface area contributed by atoms with Gasteiger partial charge in [-0.05, 0) is 67.2 Å². The highest BCUT2D eigenvalue weighted by Crippen LogP contribution is 2.42. The summed E-state index contributed by atoms with van der Waals surface area (Å²) < 4.78 is 5.39. The van der Waals surface area contributed by atoms with E-state index in [1.807, 2.05) is 12.1 Å². The van der Waals surface area contributed by atoms with Crippen molar-refractivity contribution in [3.05, 3.63) is 76.7 Å². The van der Waals surface area contributed by atoms with Crippen LogP contribution in [0.3, 0.4) is 0 Å². The number of thioether (sulfide) groups is 2. The first-order valence-corrected chi connectivity index (χ1v) is 11.4. The molecule has 1 aromatic heterocycles. The molecule has 0 saturated heterocycles. The van der Waals surface area contributed by atoms with Gasteiger partial charge in [0.05, 0.1) is 11.8 Å². The predicted molar refractivity (Wildman–Crippen MR) is 111 cm³/mol. The van der Waals surface area contributed by atoms with Gasteiger partial charge in [0.1, 0.15) is 0 Å². The highest BCUT2D eigenvalue weighted by Gasteiger charge is 2.33. The molecule has 0 radical (unpaired) electrons. The average molecular weight is 396 g/mol. The topological polar surface area (TPSA) is 43.1 Å². The monoisotopic (exact) mass is 395 g/mol. The number of carbonyl (C=O) groups is 1. The molecule has 1 aliphatic carbocycles. The van der Waals surface area contributed by atoms with Crippen molar-refractivity contribution in [1.29, 1.82) is 0 Å². The van der Waals surface area contributed by atoms with Crippen molar-refractivity contribution in [3.63, 3.8) is 0 Å². The minimum absolute atomic E-state index is 0.0161. The molecule has 1 fully saturated rings. The van der Waals surface area contributed by atoms with Gasteiger partial charge in [-0.3, -0.25) is 4.79 Å². The third-order valence-corrected chi connectivity index (χ3v) is 6.48. The molecule has 5 heteroatoms. The molecule has 2 aromatic carbocycles. The number of hydrogen-bond acceptors (Lipinski definition) is 5. The third kappa shape index (κ3) is 3.85. The number of rotatable bonds is 7. The van der Waals surface area contributed by atoms with Gasteiger partial charge < -0.3 is 4.52 Å². The van der Waals surface area contributed by atoms with Crippen LogP contribution in [0.15, 0.2) is 63.0 Å². The van der Waals surface area contributed by atoms with Crippen LogP contribution in [0.4, 0.5) is 0 Å². The van der Waals surface area contributed by atoms with E-state index in [1.165, 1.54) is 10.5 Å². The Morgan fingerprint density at radius 3 is 2.63 bits per heavy atom. The molecule has 1 heterocycles. The third-order valence-electron chi connectivity index (χ3n) is 4.92. The molecule has 0 spiro atoms. The van der Waals surface area contributed by atoms with Gasteiger partial charge in [0.25, 0.3) is 0 Å². The van der Waals surface area contributed by atoms with Gasteiger partial charge in [-0.25, -0.2) is 0 Å². The lowest BCUT2D eigenvalue weighted by Crippen LogP contribution is -2.08. The van der Waals surface area contributed by atoms with Gasteiger partial charge in [-0.2, -0.15) is 0 Å². The fraction of sp³-hybridized carbons (Fsp3) is 0.273. The highest BCUT2D eigenvalue weighted by atomic mass is 32.2. The van der Waals surface area contributed by atoms with Crippen molar-refractivity contribution < 1.29 is 9.32 Å². The first-order chi connectivity index (χ1) is 13.2. The first kappa shape index (κ1) is 18.4. The van der Waals surface area contributed by atoms with E-state index < -0.39 is 0 Å². The summed E-state index contributed by atoms with van der Waals surface area (Å²) in [6.07, 6.45) is 8.61. The Kier molecular flexibility index (Phi) is 5.41. The summed E-state index contributed by atoms with van der Waals surface area (Å²) in [6, 6.07) is 14.5. The number of benzene rings is 2. The van der Waals surface area contributed by atoms with Crippen LogP contribution in [0.25, 0.3) is 0 Å². The van der Waals surface area contributed by atoms with E-state index in [9.17, 15) is 4.79 Å². The van der Waals surface area contributed by atoms with Crippen molar-refractivity contribution in [1.82, 2.24) is 5.16 Å². The maximum Gasteiger partial charge on any atom is 0.198 e. The molecule has 0 atom stereocenters. The summed E-state index contributed by atoms with van der Waals surface area (Å²) in [4.78, 5) is 15.7. The zero-order valence-corrected chi connectivity index (χ0v) is 17.0. The van der Waals surface area contributed by atoms with E-state index in [-0.39, 0.29) is 5.78 Å². The number of nitrogens with zero attached hydrogens (tertiary/aromatic N) is 1. The van der Waals surface area contributed by atoms with Crippen LogP contribution in [-0.4, -0.2) is 23.5 Å². The van der Waals surface area contributed by atoms with Crippen molar-refractivity contribution in [2.24, 2.45) is 0 Å². The van der Waals surface area contributed by atoms with Gasteiger partial charge >= 0.3 is 0 Å². The molecule has 0 N–H and O–H groups in total. The lowest BCUT2D eigenvalue weighted by molar-refractivity contribution is 0.103. The van der Waals surface area contributed by atoms with Crippen LogP contribution in [-0.2, 0) is 6.42 Å². The van der Waals surface area contributed by atoms with Crippen molar-refractivity contribution >= 4 is 29.3 Å². The van der Waals surface area contributed by atoms with Crippen LogP contribution in [0.5, 0.6) is 0 Å². The molecule has 0 aliphatic heterocycles. The van der Waals surface area contributed by atoms with E-state index in [1.54, 1.807) is 29.7 Å². The number of ketones is 1. The molecule has 0 unspecified atom stereocenters. The quantitative estimate of drug-likeness (QED) is 0.373. The Balaban J connectivity index is 1.74. The predicted octanol–water partition coefficient (Wildman–Crippen LogP) is 5.82. The van der Waals surface area contributed by atoms with E-state index in [0.29, 0.717) is 11.5 Å². The van der Waals surface area contributed by atoms with E-state index in [0.717, 1.165) is 41.0 Å². The molecule has 138 valence electrons. The van der Waals surface area contributed by atoms with Gasteiger partial charge in [0.2, 0.25) is 0 Å². The van der Waals surface area contributed by atoms with Crippen LogP contribution in [0.2, 0.25) is 0 Å². The van der Waals surface area contributed by atoms with Gasteiger partial charge in [-0.1, -0.05) is 23.4 Å². The highest BCUT2D eigenvalue weighted by molar-refractivity contribution is 7.98. The maximum atomic E-state index is 13.3. The van der Waals surface area contributed by atoms with E-state index >= 15 is 0 Å². The Hall–Kier alpha value is -1.98. The molecular weight excluding hydrogens is 374 g/mol. The second-order valence-corrected chi connectivity index (χ2v) is 8.45. The minimum Gasteiger partial charge on any atom is -0.360 e. The molecule has 1 saturated carbocycles. The SMILES string of the molecule is CSc1ccc(C(=O)c2cnoc2C2CC2)c(Cc2ccccc2SC)c1. The molecule has 3 nitrogen and oxygen atoms in total. The van der Waals surface area contributed by atoms with Crippen molar-refractivity contribution in [2.45, 2.75) is 35.0 Å². The first-order valence-electron chi connectivity index (χ1n) is 8.99. The second kappa shape index (κ2) is 7.95. The molecule has 3 aromatic rings. The molecule has 0 bridgehead atoms. The summed E-state index contributed by atoms with van der Waals surface area (Å²) in [6.45, 7) is 0. The fourth-order valence-corrected chi connectivity index (χ4v) is 4.40. The Bertz CT molecular complexity index is 976. The lowest BCUT2D eigenvalue weighted by Gasteiger charge is -2.13. The van der Waals surface area contributed by atoms with E-state index in [2.05, 4.69) is 48.0 Å². The maximum absolute atomic E-state index is 13.3. The zero-order valence-electron chi connectivity index (χ0n) is 15.4. The van der Waals surface area contributed by atoms with Crippen LogP contribution >= 0.6 is 23.5 Å². The van der Waals surface area contributed by atoms with Gasteiger partial charge in [-0.15, -0.1) is 23.5 Å². The second-order valence-electron chi connectivity index (χ2n) is 6.72. The summed E-state index contributed by atoms with van der Waals surface area (Å²) in [5, 5.41) is 3.90. The Labute approximate surface area is 167 Å². The van der Waals surface area contributed by atoms with Gasteiger partial charge in [0, 0.05) is 21.3 Å². The van der Waals surface area contributed by atoms with Crippen molar-refractivity contribution in [3.8, 4) is 0 Å². The lowest BCUT2D eigenvalue weighted by atomic mass is 9.94. The molecule has 0 amide bonds. The number of aromatic nitrogens is 1. The molecule has 1 aliphatic rings. The minimum atomic E-state index is 0.0161. The zero-order chi connectivity index (χ0) is 18.8. The van der Waals surface area contributed by atoms with E-state index in [4.69, 9.17) is 4.52 Å². The largest absolute Gasteiger partial charge is 0.360 e. The number of carbonyl (C=O) groups excluding carboxylic acids is 1. The Morgan fingerprint density at radius 2 is 1.89 bits per heavy atom. The van der Waals surface area contributed by atoms with Crippen LogP contribution < -0.4 is 0 Å². The summed E-state index contributed by atoms with van der Waals surface area (Å²) >= 11 is 3.43. The average Bonchev–Trinajstić information content (AvgIpc) is 3.44. The smallest absolute Gasteiger partial charge is 0.198 e. The fourth-order valence-electron chi connectivity index (χ4n) is 3.32. The van der Waals surface area contributed by atoms with Crippen LogP contribution in [0.1, 0.15) is 51.6 Å². The van der Waals surface area contributed by atoms with Crippen LogP contribution in [0, 0.1) is 0 Å². The molecule has 4 rings (SSSR count). The Morgan fingerprint density at radius 1 is 1.07 bits per heavy atom. The molecular formula is C22H21NO2S2. The summed E-state index contributed by atoms with van der Waals surface area (Å²) in [5.41, 5.74) is 3.66. The summed E-state index contributed by atoms with van der Waals surface area (Å²) in [7, 11) is 0. The standard InChI is InChI=1S/C22H21NO2S2/c1-26-17-9-10-18(21(24)19-13-23-25-22(19)14-7-8-14)16(12-17)11-15-5-3-4-6-20(15)27-2/h3-6,9-10,12-14H,7-8,11H2,1-2H3. The van der Waals surface area contributed by atoms with Gasteiger partial charge in [0.15, 0.2) is 11.5 Å². The summed E-state index contributed by atoms with van der Waals surface area (Å²) in [5.74, 6) is 1.13.